The van der Waals surface area contributed by atoms with E-state index in [2.05, 4.69) is 5.32 Å². The monoisotopic (exact) mass is 235 g/mol. The molecule has 0 saturated heterocycles. The Kier molecular flexibility index (Phi) is 6.12. The lowest BCUT2D eigenvalue weighted by atomic mass is 10.0. The molecule has 0 fully saturated rings. The average molecular weight is 236 g/mol. The van der Waals surface area contributed by atoms with Crippen LogP contribution in [0.5, 0.6) is 0 Å². The first-order chi connectivity index (χ1) is 6.15. The van der Waals surface area contributed by atoms with Gasteiger partial charge in [0.05, 0.1) is 6.10 Å². The number of nitrogens with one attached hydrogen (secondary N) is 1. The number of halogens is 2. The van der Waals surface area contributed by atoms with E-state index in [-0.39, 0.29) is 18.4 Å². The van der Waals surface area contributed by atoms with E-state index < -0.39 is 6.10 Å². The maximum Gasteiger partial charge on any atom is 0.0940 e. The third-order valence-electron chi connectivity index (χ3n) is 2.14. The first-order valence-electron chi connectivity index (χ1n) is 4.26. The van der Waals surface area contributed by atoms with Crippen LogP contribution in [0.1, 0.15) is 18.6 Å². The Hall–Kier alpha value is -0.280. The van der Waals surface area contributed by atoms with Crippen LogP contribution < -0.4 is 5.32 Å². The summed E-state index contributed by atoms with van der Waals surface area (Å²) in [5.74, 6) is 0. The molecule has 0 aliphatic carbocycles. The highest BCUT2D eigenvalue weighted by Gasteiger charge is 2.13. The van der Waals surface area contributed by atoms with Gasteiger partial charge in [-0.25, -0.2) is 0 Å². The van der Waals surface area contributed by atoms with Crippen LogP contribution in [-0.2, 0) is 0 Å². The Morgan fingerprint density at radius 2 is 1.79 bits per heavy atom. The number of aliphatic hydroxyl groups excluding tert-OH is 1. The first-order valence-corrected chi connectivity index (χ1v) is 4.63. The molecule has 2 N–H and O–H groups in total. The topological polar surface area (TPSA) is 32.3 Å². The van der Waals surface area contributed by atoms with Gasteiger partial charge in [0.15, 0.2) is 0 Å². The lowest BCUT2D eigenvalue weighted by Gasteiger charge is -2.18. The molecule has 0 aliphatic heterocycles. The SMILES string of the molecule is CN[C@@H](C)[C@H](O)c1ccc(Cl)cc1.Cl. The van der Waals surface area contributed by atoms with Crippen molar-refractivity contribution in [3.63, 3.8) is 0 Å². The zero-order valence-electron chi connectivity index (χ0n) is 8.20. The Bertz CT molecular complexity index is 263. The van der Waals surface area contributed by atoms with Gasteiger partial charge in [-0.05, 0) is 31.7 Å². The molecule has 14 heavy (non-hydrogen) atoms. The third kappa shape index (κ3) is 3.46. The zero-order chi connectivity index (χ0) is 9.84. The Morgan fingerprint density at radius 1 is 1.29 bits per heavy atom. The van der Waals surface area contributed by atoms with Gasteiger partial charge in [0.1, 0.15) is 0 Å². The molecule has 1 rings (SSSR count). The van der Waals surface area contributed by atoms with Gasteiger partial charge in [-0.15, -0.1) is 12.4 Å². The minimum Gasteiger partial charge on any atom is -0.387 e. The fourth-order valence-electron chi connectivity index (χ4n) is 1.11. The van der Waals surface area contributed by atoms with Crippen LogP contribution >= 0.6 is 24.0 Å². The van der Waals surface area contributed by atoms with Crippen molar-refractivity contribution in [1.82, 2.24) is 5.32 Å². The minimum atomic E-state index is -0.484. The van der Waals surface area contributed by atoms with E-state index in [0.29, 0.717) is 5.02 Å². The van der Waals surface area contributed by atoms with E-state index in [1.807, 2.05) is 26.1 Å². The van der Waals surface area contributed by atoms with Crippen molar-refractivity contribution in [3.05, 3.63) is 34.9 Å². The molecule has 0 bridgehead atoms. The van der Waals surface area contributed by atoms with Crippen molar-refractivity contribution in [2.24, 2.45) is 0 Å². The highest BCUT2D eigenvalue weighted by Crippen LogP contribution is 2.18. The van der Waals surface area contributed by atoms with Crippen LogP contribution in [0.15, 0.2) is 24.3 Å². The van der Waals surface area contributed by atoms with Crippen LogP contribution in [0.4, 0.5) is 0 Å². The quantitative estimate of drug-likeness (QED) is 0.844. The predicted octanol–water partition coefficient (Wildman–Crippen LogP) is 2.40. The first kappa shape index (κ1) is 13.7. The van der Waals surface area contributed by atoms with E-state index in [1.54, 1.807) is 12.1 Å². The molecule has 0 heterocycles. The smallest absolute Gasteiger partial charge is 0.0940 e. The predicted molar refractivity (Wildman–Crippen MR) is 62.2 cm³/mol. The van der Waals surface area contributed by atoms with E-state index in [9.17, 15) is 5.11 Å². The van der Waals surface area contributed by atoms with Crippen molar-refractivity contribution in [2.75, 3.05) is 7.05 Å². The fourth-order valence-corrected chi connectivity index (χ4v) is 1.23. The van der Waals surface area contributed by atoms with Gasteiger partial charge >= 0.3 is 0 Å². The zero-order valence-corrected chi connectivity index (χ0v) is 9.77. The van der Waals surface area contributed by atoms with Gasteiger partial charge in [-0.3, -0.25) is 0 Å². The highest BCUT2D eigenvalue weighted by molar-refractivity contribution is 6.30. The van der Waals surface area contributed by atoms with E-state index in [0.717, 1.165) is 5.56 Å². The van der Waals surface area contributed by atoms with Gasteiger partial charge in [0.25, 0.3) is 0 Å². The van der Waals surface area contributed by atoms with E-state index >= 15 is 0 Å². The van der Waals surface area contributed by atoms with Crippen molar-refractivity contribution < 1.29 is 5.11 Å². The van der Waals surface area contributed by atoms with Crippen LogP contribution in [-0.4, -0.2) is 18.2 Å². The summed E-state index contributed by atoms with van der Waals surface area (Å²) in [5.41, 5.74) is 0.881. The largest absolute Gasteiger partial charge is 0.387 e. The van der Waals surface area contributed by atoms with Crippen molar-refractivity contribution in [2.45, 2.75) is 19.1 Å². The molecule has 0 spiro atoms. The lowest BCUT2D eigenvalue weighted by molar-refractivity contribution is 0.140. The summed E-state index contributed by atoms with van der Waals surface area (Å²) in [6, 6.07) is 7.27. The lowest BCUT2D eigenvalue weighted by Crippen LogP contribution is -2.28. The maximum absolute atomic E-state index is 9.77. The number of aliphatic hydroxyl groups is 1. The van der Waals surface area contributed by atoms with Gasteiger partial charge in [0, 0.05) is 11.1 Å². The van der Waals surface area contributed by atoms with Crippen molar-refractivity contribution >= 4 is 24.0 Å². The minimum absolute atomic E-state index is 0. The van der Waals surface area contributed by atoms with Gasteiger partial charge < -0.3 is 10.4 Å². The molecule has 80 valence electrons. The van der Waals surface area contributed by atoms with Crippen molar-refractivity contribution in [3.8, 4) is 0 Å². The van der Waals surface area contributed by atoms with E-state index in [4.69, 9.17) is 11.6 Å². The Labute approximate surface area is 95.7 Å². The second-order valence-corrected chi connectivity index (χ2v) is 3.51. The summed E-state index contributed by atoms with van der Waals surface area (Å²) in [5, 5.41) is 13.5. The summed E-state index contributed by atoms with van der Waals surface area (Å²) in [6.45, 7) is 1.93. The van der Waals surface area contributed by atoms with Crippen LogP contribution in [0.2, 0.25) is 5.02 Å². The molecule has 2 nitrogen and oxygen atoms in total. The normalized spacial score (nSPS) is 14.3. The molecule has 0 saturated carbocycles. The summed E-state index contributed by atoms with van der Waals surface area (Å²) in [4.78, 5) is 0. The number of hydrogen-bond acceptors (Lipinski definition) is 2. The number of likely N-dealkylation sites (N-methyl/N-ethyl adjacent to an activating group) is 1. The Balaban J connectivity index is 0.00000169. The number of benzene rings is 1. The summed E-state index contributed by atoms with van der Waals surface area (Å²) < 4.78 is 0. The van der Waals surface area contributed by atoms with Gasteiger partial charge in [-0.1, -0.05) is 23.7 Å². The van der Waals surface area contributed by atoms with Crippen LogP contribution in [0, 0.1) is 0 Å². The van der Waals surface area contributed by atoms with E-state index in [1.165, 1.54) is 0 Å². The van der Waals surface area contributed by atoms with Crippen molar-refractivity contribution in [1.29, 1.82) is 0 Å². The molecule has 0 radical (unpaired) electrons. The summed E-state index contributed by atoms with van der Waals surface area (Å²) >= 11 is 5.73. The van der Waals surface area contributed by atoms with Crippen LogP contribution in [0.3, 0.4) is 0 Å². The molecule has 0 aromatic heterocycles. The van der Waals surface area contributed by atoms with Gasteiger partial charge in [0.2, 0.25) is 0 Å². The molecule has 2 atom stereocenters. The molecule has 1 aromatic rings. The standard InChI is InChI=1S/C10H14ClNO.ClH/c1-7(12-2)10(13)8-3-5-9(11)6-4-8;/h3-7,10,12-13H,1-2H3;1H/t7-,10-;/m0./s1. The fraction of sp³-hybridized carbons (Fsp3) is 0.400. The third-order valence-corrected chi connectivity index (χ3v) is 2.39. The van der Waals surface area contributed by atoms with Gasteiger partial charge in [-0.2, -0.15) is 0 Å². The average Bonchev–Trinajstić information content (AvgIpc) is 2.17. The maximum atomic E-state index is 9.77. The molecular formula is C10H15Cl2NO. The molecule has 1 aromatic carbocycles. The molecule has 4 heteroatoms. The summed E-state index contributed by atoms with van der Waals surface area (Å²) in [7, 11) is 1.82. The summed E-state index contributed by atoms with van der Waals surface area (Å²) in [6.07, 6.45) is -0.484. The molecule has 0 amide bonds. The molecular weight excluding hydrogens is 221 g/mol. The molecule has 0 aliphatic rings. The Morgan fingerprint density at radius 3 is 2.21 bits per heavy atom. The second kappa shape index (κ2) is 6.25. The highest BCUT2D eigenvalue weighted by atomic mass is 35.5. The molecule has 0 unspecified atom stereocenters. The number of rotatable bonds is 3. The number of hydrogen-bond donors (Lipinski definition) is 2. The van der Waals surface area contributed by atoms with Crippen LogP contribution in [0.25, 0.3) is 0 Å². The second-order valence-electron chi connectivity index (χ2n) is 3.07.